The first-order valence-corrected chi connectivity index (χ1v) is 3.94. The molecule has 1 rings (SSSR count). The van der Waals surface area contributed by atoms with Crippen LogP contribution < -0.4 is 4.74 Å². The molecule has 78 valence electrons. The summed E-state index contributed by atoms with van der Waals surface area (Å²) in [5.74, 6) is -1.07. The van der Waals surface area contributed by atoms with Crippen molar-refractivity contribution in [3.63, 3.8) is 0 Å². The van der Waals surface area contributed by atoms with Gasteiger partial charge in [-0.1, -0.05) is 0 Å². The van der Waals surface area contributed by atoms with Gasteiger partial charge in [-0.05, 0) is 19.1 Å². The lowest BCUT2D eigenvalue weighted by Gasteiger charge is -2.09. The number of halogens is 4. The second-order valence-electron chi connectivity index (χ2n) is 2.61. The molecule has 0 aliphatic carbocycles. The Balaban J connectivity index is 3.07. The van der Waals surface area contributed by atoms with Gasteiger partial charge in [-0.3, -0.25) is 0 Å². The van der Waals surface area contributed by atoms with Gasteiger partial charge in [0.2, 0.25) is 0 Å². The molecular weight excluding hydrogens is 200 g/mol. The molecule has 0 atom stereocenters. The maximum Gasteiger partial charge on any atom is 0.416 e. The third-order valence-electron chi connectivity index (χ3n) is 1.51. The van der Waals surface area contributed by atoms with Gasteiger partial charge in [0.25, 0.3) is 0 Å². The molecule has 0 saturated carbocycles. The summed E-state index contributed by atoms with van der Waals surface area (Å²) >= 11 is 0. The van der Waals surface area contributed by atoms with Gasteiger partial charge in [-0.15, -0.1) is 0 Å². The molecule has 5 heteroatoms. The van der Waals surface area contributed by atoms with Crippen molar-refractivity contribution in [2.24, 2.45) is 0 Å². The van der Waals surface area contributed by atoms with Crippen LogP contribution in [0.1, 0.15) is 12.5 Å². The molecule has 0 spiro atoms. The lowest BCUT2D eigenvalue weighted by molar-refractivity contribution is -0.137. The van der Waals surface area contributed by atoms with Crippen molar-refractivity contribution < 1.29 is 22.3 Å². The van der Waals surface area contributed by atoms with Crippen LogP contribution >= 0.6 is 0 Å². The van der Waals surface area contributed by atoms with Crippen molar-refractivity contribution in [1.29, 1.82) is 0 Å². The van der Waals surface area contributed by atoms with Crippen molar-refractivity contribution >= 4 is 0 Å². The fourth-order valence-corrected chi connectivity index (χ4v) is 0.976. The molecule has 14 heavy (non-hydrogen) atoms. The molecule has 0 bridgehead atoms. The average Bonchev–Trinajstić information content (AvgIpc) is 2.02. The minimum absolute atomic E-state index is 0.111. The quantitative estimate of drug-likeness (QED) is 0.678. The summed E-state index contributed by atoms with van der Waals surface area (Å²) in [6, 6.07) is 2.12. The Bertz CT molecular complexity index is 319. The summed E-state index contributed by atoms with van der Waals surface area (Å²) < 4.78 is 54.0. The molecule has 0 aliphatic rings. The summed E-state index contributed by atoms with van der Waals surface area (Å²) in [7, 11) is 0. The van der Waals surface area contributed by atoms with Gasteiger partial charge in [-0.25, -0.2) is 4.39 Å². The van der Waals surface area contributed by atoms with Gasteiger partial charge < -0.3 is 4.74 Å². The highest BCUT2D eigenvalue weighted by molar-refractivity contribution is 5.31. The monoisotopic (exact) mass is 208 g/mol. The standard InChI is InChI=1S/C9H8F4O/c1-2-14-8-4-6(9(11,12)13)3-7(10)5-8/h3-5H,2H2,1H3. The van der Waals surface area contributed by atoms with Crippen LogP contribution in [0.3, 0.4) is 0 Å². The molecule has 0 aliphatic heterocycles. The summed E-state index contributed by atoms with van der Waals surface area (Å²) in [4.78, 5) is 0. The normalized spacial score (nSPS) is 11.5. The summed E-state index contributed by atoms with van der Waals surface area (Å²) in [5, 5.41) is 0. The van der Waals surface area contributed by atoms with E-state index in [0.717, 1.165) is 12.1 Å². The lowest BCUT2D eigenvalue weighted by atomic mass is 10.2. The maximum absolute atomic E-state index is 12.7. The second kappa shape index (κ2) is 3.86. The van der Waals surface area contributed by atoms with E-state index in [-0.39, 0.29) is 12.4 Å². The largest absolute Gasteiger partial charge is 0.494 e. The minimum Gasteiger partial charge on any atom is -0.494 e. The zero-order valence-electron chi connectivity index (χ0n) is 7.36. The van der Waals surface area contributed by atoms with Crippen molar-refractivity contribution in [2.75, 3.05) is 6.61 Å². The number of rotatable bonds is 2. The third-order valence-corrected chi connectivity index (χ3v) is 1.51. The highest BCUT2D eigenvalue weighted by Gasteiger charge is 2.31. The molecular formula is C9H8F4O. The van der Waals surface area contributed by atoms with E-state index in [1.54, 1.807) is 6.92 Å². The molecule has 0 aromatic heterocycles. The molecule has 0 unspecified atom stereocenters. The SMILES string of the molecule is CCOc1cc(F)cc(C(F)(F)F)c1. The van der Waals surface area contributed by atoms with Crippen molar-refractivity contribution in [3.05, 3.63) is 29.6 Å². The first kappa shape index (κ1) is 10.8. The van der Waals surface area contributed by atoms with Crippen LogP contribution in [0.15, 0.2) is 18.2 Å². The molecule has 0 heterocycles. The molecule has 1 aromatic rings. The Morgan fingerprint density at radius 2 is 1.86 bits per heavy atom. The van der Waals surface area contributed by atoms with Gasteiger partial charge in [0.15, 0.2) is 0 Å². The van der Waals surface area contributed by atoms with Gasteiger partial charge in [0, 0.05) is 6.07 Å². The van der Waals surface area contributed by atoms with Gasteiger partial charge in [-0.2, -0.15) is 13.2 Å². The van der Waals surface area contributed by atoms with Gasteiger partial charge in [0.05, 0.1) is 12.2 Å². The van der Waals surface area contributed by atoms with Crippen molar-refractivity contribution in [1.82, 2.24) is 0 Å². The van der Waals surface area contributed by atoms with Crippen LogP contribution in [0.5, 0.6) is 5.75 Å². The lowest BCUT2D eigenvalue weighted by Crippen LogP contribution is -2.06. The Labute approximate surface area is 78.3 Å². The molecule has 1 nitrogen and oxygen atoms in total. The zero-order chi connectivity index (χ0) is 10.8. The van der Waals surface area contributed by atoms with E-state index in [2.05, 4.69) is 0 Å². The van der Waals surface area contributed by atoms with E-state index in [1.807, 2.05) is 0 Å². The van der Waals surface area contributed by atoms with Crippen molar-refractivity contribution in [3.8, 4) is 5.75 Å². The fourth-order valence-electron chi connectivity index (χ4n) is 0.976. The highest BCUT2D eigenvalue weighted by atomic mass is 19.4. The Hall–Kier alpha value is -1.26. The van der Waals surface area contributed by atoms with Crippen LogP contribution in [0.4, 0.5) is 17.6 Å². The van der Waals surface area contributed by atoms with E-state index in [0.29, 0.717) is 6.07 Å². The van der Waals surface area contributed by atoms with Crippen molar-refractivity contribution in [2.45, 2.75) is 13.1 Å². The van der Waals surface area contributed by atoms with Crippen LogP contribution in [0.25, 0.3) is 0 Å². The highest BCUT2D eigenvalue weighted by Crippen LogP contribution is 2.32. The molecule has 1 aromatic carbocycles. The predicted molar refractivity (Wildman–Crippen MR) is 42.6 cm³/mol. The molecule has 0 N–H and O–H groups in total. The molecule has 0 radical (unpaired) electrons. The maximum atomic E-state index is 12.7. The number of ether oxygens (including phenoxy) is 1. The Kier molecular flexibility index (Phi) is 2.98. The summed E-state index contributed by atoms with van der Waals surface area (Å²) in [6.07, 6.45) is -4.55. The fraction of sp³-hybridized carbons (Fsp3) is 0.333. The summed E-state index contributed by atoms with van der Waals surface area (Å²) in [6.45, 7) is 1.80. The van der Waals surface area contributed by atoms with Crippen LogP contribution in [-0.2, 0) is 6.18 Å². The number of hydrogen-bond acceptors (Lipinski definition) is 1. The topological polar surface area (TPSA) is 9.23 Å². The first-order valence-electron chi connectivity index (χ1n) is 3.94. The van der Waals surface area contributed by atoms with E-state index in [9.17, 15) is 17.6 Å². The molecule has 0 saturated heterocycles. The second-order valence-corrected chi connectivity index (χ2v) is 2.61. The van der Waals surface area contributed by atoms with Gasteiger partial charge in [0.1, 0.15) is 11.6 Å². The van der Waals surface area contributed by atoms with E-state index in [4.69, 9.17) is 4.74 Å². The van der Waals surface area contributed by atoms with E-state index < -0.39 is 17.6 Å². The minimum atomic E-state index is -4.55. The first-order chi connectivity index (χ1) is 6.43. The number of alkyl halides is 3. The predicted octanol–water partition coefficient (Wildman–Crippen LogP) is 3.24. The smallest absolute Gasteiger partial charge is 0.416 e. The zero-order valence-corrected chi connectivity index (χ0v) is 7.36. The third kappa shape index (κ3) is 2.61. The van der Waals surface area contributed by atoms with Crippen LogP contribution in [0, 0.1) is 5.82 Å². The van der Waals surface area contributed by atoms with Crippen LogP contribution in [0.2, 0.25) is 0 Å². The number of hydrogen-bond donors (Lipinski definition) is 0. The van der Waals surface area contributed by atoms with E-state index in [1.165, 1.54) is 0 Å². The van der Waals surface area contributed by atoms with Gasteiger partial charge >= 0.3 is 6.18 Å². The Morgan fingerprint density at radius 1 is 1.21 bits per heavy atom. The molecule has 0 fully saturated rings. The summed E-state index contributed by atoms with van der Waals surface area (Å²) in [5.41, 5.74) is -1.04. The molecule has 0 amide bonds. The van der Waals surface area contributed by atoms with Crippen LogP contribution in [-0.4, -0.2) is 6.61 Å². The Morgan fingerprint density at radius 3 is 2.36 bits per heavy atom. The average molecular weight is 208 g/mol. The number of benzene rings is 1. The van der Waals surface area contributed by atoms with E-state index >= 15 is 0 Å².